The number of nitrogens with one attached hydrogen (secondary N) is 2. The van der Waals surface area contributed by atoms with Gasteiger partial charge in [0, 0.05) is 48.2 Å². The normalized spacial score (nSPS) is 10.5. The largest absolute Gasteiger partial charge is 0.462 e. The van der Waals surface area contributed by atoms with Crippen LogP contribution in [0, 0.1) is 10.1 Å². The number of pyridine rings is 2. The van der Waals surface area contributed by atoms with E-state index >= 15 is 0 Å². The maximum Gasteiger partial charge on any atom is 0.342 e. The van der Waals surface area contributed by atoms with Crippen molar-refractivity contribution in [3.8, 4) is 22.5 Å². The third-order valence-electron chi connectivity index (χ3n) is 5.46. The molecule has 13 heteroatoms. The predicted molar refractivity (Wildman–Crippen MR) is 143 cm³/mol. The van der Waals surface area contributed by atoms with Crippen LogP contribution in [0.4, 0.5) is 17.5 Å². The number of primary amides is 1. The first-order valence-electron chi connectivity index (χ1n) is 11.9. The summed E-state index contributed by atoms with van der Waals surface area (Å²) in [4.78, 5) is 52.3. The van der Waals surface area contributed by atoms with E-state index in [0.717, 1.165) is 0 Å². The molecule has 0 aliphatic heterocycles. The first-order valence-corrected chi connectivity index (χ1v) is 11.9. The zero-order chi connectivity index (χ0) is 27.8. The fourth-order valence-electron chi connectivity index (χ4n) is 3.62. The van der Waals surface area contributed by atoms with Gasteiger partial charge < -0.3 is 21.1 Å². The van der Waals surface area contributed by atoms with Crippen molar-refractivity contribution in [1.29, 1.82) is 0 Å². The Kier molecular flexibility index (Phi) is 8.31. The van der Waals surface area contributed by atoms with Gasteiger partial charge in [0.25, 0.3) is 5.69 Å². The molecule has 0 fully saturated rings. The smallest absolute Gasteiger partial charge is 0.342 e. The molecule has 4 rings (SSSR count). The molecule has 0 saturated heterocycles. The van der Waals surface area contributed by atoms with E-state index < -0.39 is 16.8 Å². The minimum absolute atomic E-state index is 0.103. The zero-order valence-corrected chi connectivity index (χ0v) is 20.8. The number of aromatic nitrogens is 4. The number of hydrogen-bond donors (Lipinski definition) is 3. The van der Waals surface area contributed by atoms with Gasteiger partial charge in [0.2, 0.25) is 11.9 Å². The van der Waals surface area contributed by atoms with Gasteiger partial charge in [-0.15, -0.1) is 0 Å². The molecule has 0 atom stereocenters. The molecule has 0 bridgehead atoms. The first-order chi connectivity index (χ1) is 18.9. The standard InChI is InChI=1S/C26H24N8O5/c1-2-39-25(36)21-22(16-3-5-18(6-4-16)24(27)35)32-26(33-23(21)17-9-11-28-12-10-17)30-14-13-29-20-8-7-19(15-31-20)34(37)38/h3-12,15H,2,13-14H2,1H3,(H2,27,35)(H,29,31)(H,30,32,33). The van der Waals surface area contributed by atoms with E-state index in [4.69, 9.17) is 10.5 Å². The van der Waals surface area contributed by atoms with Crippen molar-refractivity contribution in [2.24, 2.45) is 5.73 Å². The van der Waals surface area contributed by atoms with Crippen molar-refractivity contribution < 1.29 is 19.2 Å². The Bertz CT molecular complexity index is 1480. The molecular weight excluding hydrogens is 504 g/mol. The van der Waals surface area contributed by atoms with Crippen LogP contribution in [0.25, 0.3) is 22.5 Å². The van der Waals surface area contributed by atoms with E-state index in [9.17, 15) is 19.7 Å². The number of anilines is 2. The first kappa shape index (κ1) is 26.6. The molecule has 1 aromatic carbocycles. The van der Waals surface area contributed by atoms with Crippen LogP contribution in [0.2, 0.25) is 0 Å². The van der Waals surface area contributed by atoms with Gasteiger partial charge in [-0.1, -0.05) is 12.1 Å². The molecule has 13 nitrogen and oxygen atoms in total. The SMILES string of the molecule is CCOC(=O)c1c(-c2ccncc2)nc(NCCNc2ccc([N+](=O)[O-])cn2)nc1-c1ccc(C(N)=O)cc1. The van der Waals surface area contributed by atoms with Gasteiger partial charge in [0.1, 0.15) is 17.6 Å². The van der Waals surface area contributed by atoms with E-state index in [-0.39, 0.29) is 23.8 Å². The Morgan fingerprint density at radius 1 is 0.949 bits per heavy atom. The van der Waals surface area contributed by atoms with Gasteiger partial charge in [-0.2, -0.15) is 0 Å². The molecule has 0 saturated carbocycles. The zero-order valence-electron chi connectivity index (χ0n) is 20.8. The van der Waals surface area contributed by atoms with Crippen LogP contribution in [-0.4, -0.2) is 56.4 Å². The summed E-state index contributed by atoms with van der Waals surface area (Å²) < 4.78 is 5.34. The lowest BCUT2D eigenvalue weighted by Gasteiger charge is -2.16. The number of ether oxygens (including phenoxy) is 1. The van der Waals surface area contributed by atoms with Gasteiger partial charge in [-0.3, -0.25) is 19.9 Å². The molecule has 0 aliphatic rings. The van der Waals surface area contributed by atoms with Crippen molar-refractivity contribution in [2.45, 2.75) is 6.92 Å². The Balaban J connectivity index is 1.67. The average molecular weight is 529 g/mol. The number of carbonyl (C=O) groups excluding carboxylic acids is 2. The highest BCUT2D eigenvalue weighted by molar-refractivity contribution is 6.02. The quantitative estimate of drug-likeness (QED) is 0.112. The van der Waals surface area contributed by atoms with E-state index in [1.165, 1.54) is 18.3 Å². The van der Waals surface area contributed by atoms with Gasteiger partial charge in [-0.25, -0.2) is 19.7 Å². The number of carbonyl (C=O) groups is 2. The summed E-state index contributed by atoms with van der Waals surface area (Å²) in [7, 11) is 0. The number of esters is 1. The van der Waals surface area contributed by atoms with Gasteiger partial charge in [0.05, 0.1) is 22.9 Å². The number of nitrogens with zero attached hydrogens (tertiary/aromatic N) is 5. The highest BCUT2D eigenvalue weighted by Gasteiger charge is 2.24. The van der Waals surface area contributed by atoms with Crippen molar-refractivity contribution >= 4 is 29.3 Å². The van der Waals surface area contributed by atoms with Crippen LogP contribution in [0.3, 0.4) is 0 Å². The minimum atomic E-state index is -0.601. The Hall–Kier alpha value is -5.46. The Morgan fingerprint density at radius 3 is 2.15 bits per heavy atom. The fourth-order valence-corrected chi connectivity index (χ4v) is 3.62. The van der Waals surface area contributed by atoms with E-state index in [2.05, 4.69) is 30.6 Å². The molecule has 3 aromatic heterocycles. The lowest BCUT2D eigenvalue weighted by molar-refractivity contribution is -0.385. The van der Waals surface area contributed by atoms with Crippen LogP contribution in [0.1, 0.15) is 27.6 Å². The summed E-state index contributed by atoms with van der Waals surface area (Å²) in [6.07, 6.45) is 4.34. The molecule has 0 radical (unpaired) electrons. The second-order valence-electron chi connectivity index (χ2n) is 8.03. The number of nitro groups is 1. The summed E-state index contributed by atoms with van der Waals surface area (Å²) >= 11 is 0. The summed E-state index contributed by atoms with van der Waals surface area (Å²) in [6, 6.07) is 12.7. The molecular formula is C26H24N8O5. The lowest BCUT2D eigenvalue weighted by Crippen LogP contribution is -2.18. The van der Waals surface area contributed by atoms with Crippen molar-refractivity contribution in [1.82, 2.24) is 19.9 Å². The molecule has 3 heterocycles. The van der Waals surface area contributed by atoms with Crippen LogP contribution in [0.5, 0.6) is 0 Å². The number of rotatable bonds is 11. The average Bonchev–Trinajstić information content (AvgIpc) is 2.95. The van der Waals surface area contributed by atoms with Gasteiger partial charge >= 0.3 is 5.97 Å². The minimum Gasteiger partial charge on any atom is -0.462 e. The summed E-state index contributed by atoms with van der Waals surface area (Å²) in [6.45, 7) is 2.60. The van der Waals surface area contributed by atoms with E-state index in [0.29, 0.717) is 47.0 Å². The van der Waals surface area contributed by atoms with Crippen LogP contribution < -0.4 is 16.4 Å². The van der Waals surface area contributed by atoms with Gasteiger partial charge in [0.15, 0.2) is 0 Å². The third kappa shape index (κ3) is 6.46. The lowest BCUT2D eigenvalue weighted by atomic mass is 9.99. The molecule has 39 heavy (non-hydrogen) atoms. The molecule has 198 valence electrons. The van der Waals surface area contributed by atoms with Crippen LogP contribution in [-0.2, 0) is 4.74 Å². The van der Waals surface area contributed by atoms with Crippen LogP contribution in [0.15, 0.2) is 67.1 Å². The highest BCUT2D eigenvalue weighted by atomic mass is 16.6. The van der Waals surface area contributed by atoms with Gasteiger partial charge in [-0.05, 0) is 37.3 Å². The van der Waals surface area contributed by atoms with Crippen molar-refractivity contribution in [2.75, 3.05) is 30.3 Å². The summed E-state index contributed by atoms with van der Waals surface area (Å²) in [5.74, 6) is -0.476. The van der Waals surface area contributed by atoms with E-state index in [1.54, 1.807) is 55.7 Å². The predicted octanol–water partition coefficient (Wildman–Crippen LogP) is 3.31. The number of hydrogen-bond acceptors (Lipinski definition) is 11. The summed E-state index contributed by atoms with van der Waals surface area (Å²) in [5.41, 5.74) is 7.57. The van der Waals surface area contributed by atoms with Crippen molar-refractivity contribution in [3.63, 3.8) is 0 Å². The second kappa shape index (κ2) is 12.2. The fraction of sp³-hybridized carbons (Fsp3) is 0.154. The highest BCUT2D eigenvalue weighted by Crippen LogP contribution is 2.32. The molecule has 0 aliphatic carbocycles. The summed E-state index contributed by atoms with van der Waals surface area (Å²) in [5, 5.41) is 17.0. The van der Waals surface area contributed by atoms with E-state index in [1.807, 2.05) is 0 Å². The molecule has 4 aromatic rings. The topological polar surface area (TPSA) is 188 Å². The van der Waals surface area contributed by atoms with Crippen LogP contribution >= 0.6 is 0 Å². The second-order valence-corrected chi connectivity index (χ2v) is 8.03. The maximum atomic E-state index is 13.1. The number of benzene rings is 1. The third-order valence-corrected chi connectivity index (χ3v) is 5.46. The molecule has 0 spiro atoms. The Labute approximate surface area is 222 Å². The maximum absolute atomic E-state index is 13.1. The van der Waals surface area contributed by atoms with Crippen molar-refractivity contribution in [3.05, 3.63) is 88.4 Å². The molecule has 0 unspecified atom stereocenters. The molecule has 1 amide bonds. The number of amides is 1. The monoisotopic (exact) mass is 528 g/mol. The molecule has 4 N–H and O–H groups in total. The Morgan fingerprint density at radius 2 is 1.59 bits per heavy atom. The number of nitrogens with two attached hydrogens (primary N) is 1.